The molecule has 0 radical (unpaired) electrons. The number of rotatable bonds is 6. The number of fused-ring (bicyclic) bond motifs is 1. The normalized spacial score (nSPS) is 14.9. The molecule has 7 heteroatoms. The molecule has 1 unspecified atom stereocenters. The van der Waals surface area contributed by atoms with E-state index in [1.807, 2.05) is 0 Å². The molecule has 1 atom stereocenters. The third kappa shape index (κ3) is 3.73. The van der Waals surface area contributed by atoms with E-state index in [-0.39, 0.29) is 17.7 Å². The second-order valence-electron chi connectivity index (χ2n) is 6.50. The van der Waals surface area contributed by atoms with Crippen molar-refractivity contribution >= 4 is 27.9 Å². The lowest BCUT2D eigenvalue weighted by Crippen LogP contribution is -2.28. The van der Waals surface area contributed by atoms with Crippen LogP contribution in [0.5, 0.6) is 5.75 Å². The minimum absolute atomic E-state index is 0.0482. The summed E-state index contributed by atoms with van der Waals surface area (Å²) < 4.78 is 39.6. The Hall–Kier alpha value is -2.67. The Balaban J connectivity index is 1.58. The Morgan fingerprint density at radius 1 is 1.30 bits per heavy atom. The van der Waals surface area contributed by atoms with E-state index in [1.165, 1.54) is 6.07 Å². The number of carbonyl (C=O) groups is 1. The van der Waals surface area contributed by atoms with Gasteiger partial charge in [0, 0.05) is 10.9 Å². The van der Waals surface area contributed by atoms with Gasteiger partial charge in [-0.25, -0.2) is 8.60 Å². The molecule has 140 valence electrons. The van der Waals surface area contributed by atoms with Gasteiger partial charge in [-0.2, -0.15) is 0 Å². The lowest BCUT2D eigenvalue weighted by atomic mass is 10.1. The molecule has 1 saturated carbocycles. The Kier molecular flexibility index (Phi) is 4.70. The van der Waals surface area contributed by atoms with Crippen molar-refractivity contribution in [1.29, 1.82) is 0 Å². The third-order valence-electron chi connectivity index (χ3n) is 4.44. The molecule has 3 aromatic rings. The molecule has 2 aromatic carbocycles. The first-order chi connectivity index (χ1) is 13.0. The zero-order valence-electron chi connectivity index (χ0n) is 14.7. The standard InChI is InChI=1S/C20H18FNO4S/c1-12-19(20(23)22-27(24)15-7-8-15)16-10-14(6-9-18(16)26-12)25-11-13-4-2-3-5-17(13)21/h2-6,9-10,15H,7-8,11H2,1H3,(H,22,23). The van der Waals surface area contributed by atoms with Crippen LogP contribution < -0.4 is 9.46 Å². The summed E-state index contributed by atoms with van der Waals surface area (Å²) >= 11 is 0. The summed E-state index contributed by atoms with van der Waals surface area (Å²) in [6.45, 7) is 1.76. The quantitative estimate of drug-likeness (QED) is 0.694. The van der Waals surface area contributed by atoms with E-state index in [0.717, 1.165) is 12.8 Å². The Morgan fingerprint density at radius 3 is 2.81 bits per heavy atom. The first-order valence-electron chi connectivity index (χ1n) is 8.64. The molecule has 0 spiro atoms. The van der Waals surface area contributed by atoms with Crippen molar-refractivity contribution in [3.05, 3.63) is 65.2 Å². The second kappa shape index (κ2) is 7.15. The van der Waals surface area contributed by atoms with Gasteiger partial charge in [-0.05, 0) is 44.0 Å². The molecule has 1 aromatic heterocycles. The summed E-state index contributed by atoms with van der Waals surface area (Å²) in [5, 5.41) is 0.621. The number of hydrogen-bond acceptors (Lipinski definition) is 4. The zero-order chi connectivity index (χ0) is 19.0. The van der Waals surface area contributed by atoms with Crippen molar-refractivity contribution in [1.82, 2.24) is 4.72 Å². The van der Waals surface area contributed by atoms with E-state index in [9.17, 15) is 13.4 Å². The average Bonchev–Trinajstić information content (AvgIpc) is 3.43. The van der Waals surface area contributed by atoms with Gasteiger partial charge in [-0.15, -0.1) is 0 Å². The highest BCUT2D eigenvalue weighted by Crippen LogP contribution is 2.30. The highest BCUT2D eigenvalue weighted by molar-refractivity contribution is 7.84. The van der Waals surface area contributed by atoms with Crippen LogP contribution >= 0.6 is 0 Å². The highest BCUT2D eigenvalue weighted by Gasteiger charge is 2.31. The maximum atomic E-state index is 13.7. The molecule has 1 fully saturated rings. The summed E-state index contributed by atoms with van der Waals surface area (Å²) in [5.41, 5.74) is 1.32. The molecule has 0 bridgehead atoms. The van der Waals surface area contributed by atoms with E-state index in [4.69, 9.17) is 9.15 Å². The third-order valence-corrected chi connectivity index (χ3v) is 5.90. The van der Waals surface area contributed by atoms with Crippen LogP contribution in [0.15, 0.2) is 46.9 Å². The van der Waals surface area contributed by atoms with Gasteiger partial charge >= 0.3 is 0 Å². The Morgan fingerprint density at radius 2 is 2.07 bits per heavy atom. The molecule has 0 aliphatic heterocycles. The molecule has 1 amide bonds. The van der Waals surface area contributed by atoms with E-state index in [0.29, 0.717) is 33.6 Å². The van der Waals surface area contributed by atoms with Gasteiger partial charge in [0.1, 0.15) is 40.5 Å². The van der Waals surface area contributed by atoms with Crippen LogP contribution in [0.4, 0.5) is 4.39 Å². The van der Waals surface area contributed by atoms with E-state index >= 15 is 0 Å². The van der Waals surface area contributed by atoms with Crippen LogP contribution in [0, 0.1) is 12.7 Å². The number of carbonyl (C=O) groups excluding carboxylic acids is 1. The number of halogens is 1. The van der Waals surface area contributed by atoms with Gasteiger partial charge in [0.05, 0.1) is 10.8 Å². The summed E-state index contributed by atoms with van der Waals surface area (Å²) in [6.07, 6.45) is 1.73. The van der Waals surface area contributed by atoms with E-state index in [1.54, 1.807) is 43.3 Å². The minimum atomic E-state index is -1.38. The van der Waals surface area contributed by atoms with Crippen LogP contribution in [0.25, 0.3) is 11.0 Å². The predicted molar refractivity (Wildman–Crippen MR) is 100 cm³/mol. The number of nitrogens with one attached hydrogen (secondary N) is 1. The van der Waals surface area contributed by atoms with Crippen molar-refractivity contribution in [2.45, 2.75) is 31.6 Å². The van der Waals surface area contributed by atoms with Crippen molar-refractivity contribution < 1.29 is 22.5 Å². The van der Waals surface area contributed by atoms with Crippen LogP contribution in [-0.2, 0) is 17.6 Å². The second-order valence-corrected chi connectivity index (χ2v) is 7.96. The first-order valence-corrected chi connectivity index (χ1v) is 9.85. The monoisotopic (exact) mass is 387 g/mol. The molecular formula is C20H18FNO4S. The van der Waals surface area contributed by atoms with Gasteiger partial charge in [-0.1, -0.05) is 18.2 Å². The van der Waals surface area contributed by atoms with Gasteiger partial charge in [0.2, 0.25) is 0 Å². The van der Waals surface area contributed by atoms with Crippen molar-refractivity contribution in [3.8, 4) is 5.75 Å². The molecule has 1 heterocycles. The summed E-state index contributed by atoms with van der Waals surface area (Å²) in [4.78, 5) is 12.6. The summed E-state index contributed by atoms with van der Waals surface area (Å²) in [7, 11) is -1.38. The van der Waals surface area contributed by atoms with Gasteiger partial charge in [0.25, 0.3) is 5.91 Å². The van der Waals surface area contributed by atoms with E-state index < -0.39 is 16.9 Å². The smallest absolute Gasteiger partial charge is 0.267 e. The average molecular weight is 387 g/mol. The van der Waals surface area contributed by atoms with Crippen molar-refractivity contribution in [2.75, 3.05) is 0 Å². The molecule has 1 aliphatic carbocycles. The summed E-state index contributed by atoms with van der Waals surface area (Å²) in [6, 6.07) is 11.5. The lowest BCUT2D eigenvalue weighted by molar-refractivity contribution is 0.0982. The minimum Gasteiger partial charge on any atom is -0.489 e. The number of amides is 1. The summed E-state index contributed by atoms with van der Waals surface area (Å²) in [5.74, 6) is 0.175. The van der Waals surface area contributed by atoms with Gasteiger partial charge in [0.15, 0.2) is 0 Å². The van der Waals surface area contributed by atoms with Crippen molar-refractivity contribution in [3.63, 3.8) is 0 Å². The maximum absolute atomic E-state index is 13.7. The Bertz CT molecular complexity index is 1040. The number of aryl methyl sites for hydroxylation is 1. The number of benzene rings is 2. The maximum Gasteiger partial charge on any atom is 0.267 e. The molecule has 4 rings (SSSR count). The van der Waals surface area contributed by atoms with Crippen LogP contribution in [-0.4, -0.2) is 15.4 Å². The SMILES string of the molecule is Cc1oc2ccc(OCc3ccccc3F)cc2c1C(=O)NS(=O)C1CC1. The lowest BCUT2D eigenvalue weighted by Gasteiger charge is -2.07. The largest absolute Gasteiger partial charge is 0.489 e. The highest BCUT2D eigenvalue weighted by atomic mass is 32.2. The molecule has 5 nitrogen and oxygen atoms in total. The molecule has 27 heavy (non-hydrogen) atoms. The van der Waals surface area contributed by atoms with Crippen LogP contribution in [0.1, 0.15) is 34.5 Å². The number of ether oxygens (including phenoxy) is 1. The van der Waals surface area contributed by atoms with E-state index in [2.05, 4.69) is 4.72 Å². The fourth-order valence-corrected chi connectivity index (χ4v) is 3.87. The predicted octanol–water partition coefficient (Wildman–Crippen LogP) is 4.02. The molecule has 0 saturated heterocycles. The fourth-order valence-electron chi connectivity index (χ4n) is 2.86. The zero-order valence-corrected chi connectivity index (χ0v) is 15.5. The first kappa shape index (κ1) is 17.7. The topological polar surface area (TPSA) is 68.5 Å². The molecule has 1 N–H and O–H groups in total. The van der Waals surface area contributed by atoms with Gasteiger partial charge < -0.3 is 9.15 Å². The van der Waals surface area contributed by atoms with Crippen LogP contribution in [0.2, 0.25) is 0 Å². The van der Waals surface area contributed by atoms with Crippen LogP contribution in [0.3, 0.4) is 0 Å². The molecular weight excluding hydrogens is 369 g/mol. The fraction of sp³-hybridized carbons (Fsp3) is 0.250. The Labute approximate surface area is 158 Å². The number of hydrogen-bond donors (Lipinski definition) is 1. The number of furan rings is 1. The molecule has 1 aliphatic rings. The van der Waals surface area contributed by atoms with Gasteiger partial charge in [-0.3, -0.25) is 9.52 Å². The van der Waals surface area contributed by atoms with Crippen molar-refractivity contribution in [2.24, 2.45) is 0 Å².